The molecule has 0 spiro atoms. The molecule has 2 aromatic rings. The van der Waals surface area contributed by atoms with Gasteiger partial charge < -0.3 is 19.7 Å². The van der Waals surface area contributed by atoms with Crippen LogP contribution in [0.25, 0.3) is 0 Å². The monoisotopic (exact) mass is 660 g/mol. The SMILES string of the molecule is CC(=NC1CCCCC1N=C(C)c1cc(CN2CCOCC2)cc(C(C)(C)C)c1O)c1cc(CN2CCOCC2)cc(C(C)(C)C)c1O. The Morgan fingerprint density at radius 2 is 1.00 bits per heavy atom. The molecule has 2 aromatic carbocycles. The number of aromatic hydroxyl groups is 2. The normalized spacial score (nSPS) is 22.7. The third-order valence-electron chi connectivity index (χ3n) is 10.2. The van der Waals surface area contributed by atoms with Crippen LogP contribution in [-0.2, 0) is 33.4 Å². The fourth-order valence-corrected chi connectivity index (χ4v) is 7.33. The molecule has 2 heterocycles. The van der Waals surface area contributed by atoms with Crippen molar-refractivity contribution in [3.8, 4) is 11.5 Å². The number of hydrogen-bond acceptors (Lipinski definition) is 8. The molecule has 0 radical (unpaired) electrons. The van der Waals surface area contributed by atoms with Crippen LogP contribution in [-0.4, -0.2) is 96.1 Å². The molecule has 5 rings (SSSR count). The van der Waals surface area contributed by atoms with Gasteiger partial charge >= 0.3 is 0 Å². The summed E-state index contributed by atoms with van der Waals surface area (Å²) >= 11 is 0. The highest BCUT2D eigenvalue weighted by atomic mass is 16.5. The van der Waals surface area contributed by atoms with Gasteiger partial charge in [0.2, 0.25) is 0 Å². The maximum atomic E-state index is 11.6. The lowest BCUT2D eigenvalue weighted by Crippen LogP contribution is -2.35. The molecule has 2 N–H and O–H groups in total. The fourth-order valence-electron chi connectivity index (χ4n) is 7.33. The van der Waals surface area contributed by atoms with Crippen LogP contribution in [0.3, 0.4) is 0 Å². The Morgan fingerprint density at radius 1 is 0.646 bits per heavy atom. The molecule has 1 saturated carbocycles. The maximum absolute atomic E-state index is 11.6. The first-order valence-electron chi connectivity index (χ1n) is 18.1. The van der Waals surface area contributed by atoms with E-state index in [1.165, 1.54) is 11.1 Å². The van der Waals surface area contributed by atoms with Crippen LogP contribution in [0.1, 0.15) is 114 Å². The Kier molecular flexibility index (Phi) is 11.7. The van der Waals surface area contributed by atoms with Crippen LogP contribution >= 0.6 is 0 Å². The Labute approximate surface area is 289 Å². The highest BCUT2D eigenvalue weighted by molar-refractivity contribution is 6.03. The molecule has 8 nitrogen and oxygen atoms in total. The quantitative estimate of drug-likeness (QED) is 0.297. The molecule has 2 unspecified atom stereocenters. The predicted molar refractivity (Wildman–Crippen MR) is 196 cm³/mol. The number of rotatable bonds is 8. The lowest BCUT2D eigenvalue weighted by atomic mass is 9.83. The molecule has 3 fully saturated rings. The van der Waals surface area contributed by atoms with E-state index in [2.05, 4.69) is 75.6 Å². The summed E-state index contributed by atoms with van der Waals surface area (Å²) in [5.74, 6) is 0.663. The number of phenols is 2. The molecule has 48 heavy (non-hydrogen) atoms. The van der Waals surface area contributed by atoms with Gasteiger partial charge in [-0.15, -0.1) is 0 Å². The van der Waals surface area contributed by atoms with Crippen LogP contribution in [0, 0.1) is 0 Å². The van der Waals surface area contributed by atoms with Crippen molar-refractivity contribution in [1.29, 1.82) is 0 Å². The Balaban J connectivity index is 1.46. The molecule has 0 bridgehead atoms. The van der Waals surface area contributed by atoms with E-state index in [9.17, 15) is 10.2 Å². The average molecular weight is 661 g/mol. The second-order valence-corrected chi connectivity index (χ2v) is 16.2. The molecule has 0 aromatic heterocycles. The van der Waals surface area contributed by atoms with Gasteiger partial charge in [0.15, 0.2) is 0 Å². The zero-order chi connectivity index (χ0) is 34.6. The number of benzene rings is 2. The molecular formula is C40H60N4O4. The van der Waals surface area contributed by atoms with Crippen molar-refractivity contribution in [3.05, 3.63) is 57.6 Å². The summed E-state index contributed by atoms with van der Waals surface area (Å²) in [6.45, 7) is 25.4. The summed E-state index contributed by atoms with van der Waals surface area (Å²) in [5, 5.41) is 23.2. The molecule has 0 amide bonds. The number of morpholine rings is 2. The average Bonchev–Trinajstić information content (AvgIpc) is 3.03. The van der Waals surface area contributed by atoms with Crippen molar-refractivity contribution in [1.82, 2.24) is 9.80 Å². The van der Waals surface area contributed by atoms with Gasteiger partial charge in [0.25, 0.3) is 0 Å². The largest absolute Gasteiger partial charge is 0.507 e. The predicted octanol–water partition coefficient (Wildman–Crippen LogP) is 6.99. The van der Waals surface area contributed by atoms with Crippen molar-refractivity contribution in [2.75, 3.05) is 52.6 Å². The molecule has 8 heteroatoms. The first kappa shape index (κ1) is 36.5. The van der Waals surface area contributed by atoms with Crippen LogP contribution < -0.4 is 0 Å². The minimum Gasteiger partial charge on any atom is -0.507 e. The van der Waals surface area contributed by atoms with Gasteiger partial charge in [-0.3, -0.25) is 19.8 Å². The number of aliphatic imine (C=N–C) groups is 2. The van der Waals surface area contributed by atoms with Crippen molar-refractivity contribution in [3.63, 3.8) is 0 Å². The standard InChI is InChI=1S/C40H60N4O4/c1-27(31-21-29(25-43-13-17-47-18-14-43)23-33(37(31)45)39(3,4)5)41-35-11-9-10-12-36(35)42-28(2)32-22-30(26-44-15-19-48-20-16-44)24-34(38(32)46)40(6,7)8/h21-24,35-36,45-46H,9-20,25-26H2,1-8H3. The minimum atomic E-state index is -0.209. The number of phenolic OH excluding ortho intramolecular Hbond substituents is 2. The second kappa shape index (κ2) is 15.4. The Morgan fingerprint density at radius 3 is 1.33 bits per heavy atom. The summed E-state index contributed by atoms with van der Waals surface area (Å²) < 4.78 is 11.2. The smallest absolute Gasteiger partial charge is 0.128 e. The van der Waals surface area contributed by atoms with E-state index < -0.39 is 0 Å². The van der Waals surface area contributed by atoms with Crippen molar-refractivity contribution < 1.29 is 19.7 Å². The van der Waals surface area contributed by atoms with E-state index in [0.717, 1.165) is 125 Å². The summed E-state index contributed by atoms with van der Waals surface area (Å²) in [7, 11) is 0. The summed E-state index contributed by atoms with van der Waals surface area (Å²) in [6.07, 6.45) is 4.12. The number of hydrogen-bond donors (Lipinski definition) is 2. The van der Waals surface area contributed by atoms with E-state index in [4.69, 9.17) is 19.5 Å². The number of nitrogens with zero attached hydrogens (tertiary/aromatic N) is 4. The van der Waals surface area contributed by atoms with Crippen LogP contribution in [0.15, 0.2) is 34.3 Å². The van der Waals surface area contributed by atoms with E-state index in [-0.39, 0.29) is 22.9 Å². The summed E-state index contributed by atoms with van der Waals surface area (Å²) in [6, 6.07) is 8.63. The minimum absolute atomic E-state index is 0.00912. The lowest BCUT2D eigenvalue weighted by molar-refractivity contribution is 0.0341. The Hall–Kier alpha value is -2.78. The van der Waals surface area contributed by atoms with E-state index in [0.29, 0.717) is 11.5 Å². The molecule has 2 aliphatic heterocycles. The van der Waals surface area contributed by atoms with Crippen molar-refractivity contribution in [2.45, 2.75) is 117 Å². The zero-order valence-electron chi connectivity index (χ0n) is 30.9. The van der Waals surface area contributed by atoms with Gasteiger partial charge in [-0.05, 0) is 60.8 Å². The number of ether oxygens (including phenoxy) is 2. The maximum Gasteiger partial charge on any atom is 0.128 e. The first-order chi connectivity index (χ1) is 22.7. The van der Waals surface area contributed by atoms with E-state index in [1.54, 1.807) is 0 Å². The zero-order valence-corrected chi connectivity index (χ0v) is 30.9. The van der Waals surface area contributed by atoms with Gasteiger partial charge in [-0.2, -0.15) is 0 Å². The van der Waals surface area contributed by atoms with Gasteiger partial charge in [0.05, 0.1) is 38.5 Å². The third-order valence-corrected chi connectivity index (χ3v) is 10.2. The summed E-state index contributed by atoms with van der Waals surface area (Å²) in [5.41, 5.74) is 7.23. The van der Waals surface area contributed by atoms with E-state index >= 15 is 0 Å². The van der Waals surface area contributed by atoms with Crippen molar-refractivity contribution in [2.24, 2.45) is 9.98 Å². The van der Waals surface area contributed by atoms with Gasteiger partial charge in [-0.1, -0.05) is 66.5 Å². The highest BCUT2D eigenvalue weighted by Gasteiger charge is 2.29. The highest BCUT2D eigenvalue weighted by Crippen LogP contribution is 2.38. The van der Waals surface area contributed by atoms with Crippen LogP contribution in [0.4, 0.5) is 0 Å². The fraction of sp³-hybridized carbons (Fsp3) is 0.650. The van der Waals surface area contributed by atoms with Gasteiger partial charge in [0, 0.05) is 72.9 Å². The van der Waals surface area contributed by atoms with E-state index in [1.807, 2.05) is 13.8 Å². The molecule has 2 saturated heterocycles. The molecule has 2 atom stereocenters. The van der Waals surface area contributed by atoms with Crippen LogP contribution in [0.5, 0.6) is 11.5 Å². The Bertz CT molecular complexity index is 1360. The van der Waals surface area contributed by atoms with Gasteiger partial charge in [0.1, 0.15) is 11.5 Å². The lowest BCUT2D eigenvalue weighted by Gasteiger charge is -2.30. The molecule has 3 aliphatic rings. The van der Waals surface area contributed by atoms with Crippen molar-refractivity contribution >= 4 is 11.4 Å². The first-order valence-corrected chi connectivity index (χ1v) is 18.1. The molecule has 264 valence electrons. The van der Waals surface area contributed by atoms with Crippen LogP contribution in [0.2, 0.25) is 0 Å². The van der Waals surface area contributed by atoms with Gasteiger partial charge in [-0.25, -0.2) is 0 Å². The topological polar surface area (TPSA) is 90.1 Å². The summed E-state index contributed by atoms with van der Waals surface area (Å²) in [4.78, 5) is 15.5. The third kappa shape index (κ3) is 9.06. The second-order valence-electron chi connectivity index (χ2n) is 16.2. The molecular weight excluding hydrogens is 600 g/mol. The molecule has 1 aliphatic carbocycles.